The van der Waals surface area contributed by atoms with Crippen LogP contribution < -0.4 is 10.9 Å². The Hall–Kier alpha value is -2.93. The van der Waals surface area contributed by atoms with Gasteiger partial charge in [-0.05, 0) is 37.2 Å². The zero-order chi connectivity index (χ0) is 22.3. The summed E-state index contributed by atoms with van der Waals surface area (Å²) < 4.78 is 6.96. The van der Waals surface area contributed by atoms with Gasteiger partial charge in [0.15, 0.2) is 5.65 Å². The van der Waals surface area contributed by atoms with E-state index in [1.54, 1.807) is 6.07 Å². The second-order valence-corrected chi connectivity index (χ2v) is 9.45. The molecule has 0 spiro atoms. The average Bonchev–Trinajstić information content (AvgIpc) is 3.51. The third kappa shape index (κ3) is 3.75. The van der Waals surface area contributed by atoms with Crippen LogP contribution in [0.15, 0.2) is 47.3 Å². The van der Waals surface area contributed by atoms with Crippen LogP contribution in [0.4, 0.5) is 0 Å². The zero-order valence-electron chi connectivity index (χ0n) is 18.6. The molecule has 7 heteroatoms. The summed E-state index contributed by atoms with van der Waals surface area (Å²) in [5.41, 5.74) is 2.65. The molecule has 1 aliphatic carbocycles. The lowest BCUT2D eigenvalue weighted by atomic mass is 9.93. The quantitative estimate of drug-likeness (QED) is 0.622. The highest BCUT2D eigenvalue weighted by molar-refractivity contribution is 5.91. The molecule has 1 saturated carbocycles. The maximum absolute atomic E-state index is 13.3. The molecule has 2 aromatic heterocycles. The van der Waals surface area contributed by atoms with Gasteiger partial charge in [-0.3, -0.25) is 14.7 Å². The van der Waals surface area contributed by atoms with Gasteiger partial charge in [0.05, 0.1) is 17.2 Å². The molecule has 1 aliphatic heterocycles. The third-order valence-corrected chi connectivity index (χ3v) is 6.93. The molecule has 1 amide bonds. The molecule has 3 aromatic rings. The second kappa shape index (κ2) is 8.20. The normalized spacial score (nSPS) is 19.2. The van der Waals surface area contributed by atoms with E-state index in [4.69, 9.17) is 9.72 Å². The average molecular weight is 435 g/mol. The van der Waals surface area contributed by atoms with Gasteiger partial charge in [-0.1, -0.05) is 44.2 Å². The molecular weight excluding hydrogens is 404 g/mol. The van der Waals surface area contributed by atoms with E-state index in [1.807, 2.05) is 50.2 Å². The van der Waals surface area contributed by atoms with Gasteiger partial charge in [-0.2, -0.15) is 0 Å². The molecule has 2 N–H and O–H groups in total. The van der Waals surface area contributed by atoms with Gasteiger partial charge in [0.2, 0.25) is 5.91 Å². The summed E-state index contributed by atoms with van der Waals surface area (Å²) in [5, 5.41) is 6.44. The number of nitrogens with zero attached hydrogens (tertiary/aromatic N) is 2. The van der Waals surface area contributed by atoms with Crippen molar-refractivity contribution in [3.8, 4) is 0 Å². The first-order chi connectivity index (χ1) is 15.5. The Morgan fingerprint density at radius 3 is 2.56 bits per heavy atom. The first-order valence-electron chi connectivity index (χ1n) is 11.5. The molecular formula is C25H30N4O3. The number of hydrogen-bond donors (Lipinski definition) is 2. The van der Waals surface area contributed by atoms with Gasteiger partial charge in [0.25, 0.3) is 5.56 Å². The molecule has 1 unspecified atom stereocenters. The molecule has 2 fully saturated rings. The molecule has 32 heavy (non-hydrogen) atoms. The van der Waals surface area contributed by atoms with Crippen molar-refractivity contribution in [3.05, 3.63) is 69.8 Å². The van der Waals surface area contributed by atoms with Crippen LogP contribution in [0.3, 0.4) is 0 Å². The summed E-state index contributed by atoms with van der Waals surface area (Å²) in [6.45, 7) is 5.55. The second-order valence-electron chi connectivity index (χ2n) is 9.45. The molecule has 3 heterocycles. The minimum atomic E-state index is -0.460. The Morgan fingerprint density at radius 1 is 1.19 bits per heavy atom. The predicted molar refractivity (Wildman–Crippen MR) is 122 cm³/mol. The SMILES string of the molecule is CC(C)C(NC(=O)C1(c2ccccc2)CC1)c1cc(=O)n2[nH]c(C3CCOCC3)cc2n1. The largest absolute Gasteiger partial charge is 0.381 e. The van der Waals surface area contributed by atoms with E-state index in [9.17, 15) is 9.59 Å². The minimum Gasteiger partial charge on any atom is -0.381 e. The van der Waals surface area contributed by atoms with Crippen molar-refractivity contribution in [2.24, 2.45) is 5.92 Å². The molecule has 0 radical (unpaired) electrons. The lowest BCUT2D eigenvalue weighted by Gasteiger charge is -2.25. The summed E-state index contributed by atoms with van der Waals surface area (Å²) in [4.78, 5) is 31.0. The Bertz CT molecular complexity index is 1170. The van der Waals surface area contributed by atoms with Crippen LogP contribution in [0.25, 0.3) is 5.65 Å². The van der Waals surface area contributed by atoms with Crippen molar-refractivity contribution in [1.82, 2.24) is 19.9 Å². The number of aromatic nitrogens is 3. The standard InChI is InChI=1S/C25H30N4O3/c1-16(2)23(27-24(31)25(10-11-25)18-6-4-3-5-7-18)20-15-22(30)29-21(26-20)14-19(28-29)17-8-12-32-13-9-17/h3-7,14-17,23,28H,8-13H2,1-2H3,(H,27,31). The molecule has 1 saturated heterocycles. The molecule has 0 bridgehead atoms. The van der Waals surface area contributed by atoms with Crippen LogP contribution in [0.5, 0.6) is 0 Å². The first kappa shape index (κ1) is 20.9. The van der Waals surface area contributed by atoms with Gasteiger partial charge >= 0.3 is 0 Å². The van der Waals surface area contributed by atoms with Gasteiger partial charge in [0.1, 0.15) is 0 Å². The van der Waals surface area contributed by atoms with Crippen molar-refractivity contribution < 1.29 is 9.53 Å². The number of ether oxygens (including phenoxy) is 1. The van der Waals surface area contributed by atoms with E-state index in [0.29, 0.717) is 17.3 Å². The number of aromatic amines is 1. The van der Waals surface area contributed by atoms with Crippen molar-refractivity contribution in [2.45, 2.75) is 56.9 Å². The molecule has 5 rings (SSSR count). The maximum atomic E-state index is 13.3. The Labute approximate surface area is 187 Å². The van der Waals surface area contributed by atoms with Gasteiger partial charge in [0, 0.05) is 37.0 Å². The Morgan fingerprint density at radius 2 is 1.91 bits per heavy atom. The van der Waals surface area contributed by atoms with Gasteiger partial charge in [-0.25, -0.2) is 9.50 Å². The maximum Gasteiger partial charge on any atom is 0.272 e. The number of amides is 1. The van der Waals surface area contributed by atoms with E-state index in [0.717, 1.165) is 50.2 Å². The predicted octanol–water partition coefficient (Wildman–Crippen LogP) is 3.46. The summed E-state index contributed by atoms with van der Waals surface area (Å²) in [6, 6.07) is 13.1. The highest BCUT2D eigenvalue weighted by Gasteiger charge is 2.51. The van der Waals surface area contributed by atoms with Gasteiger partial charge in [-0.15, -0.1) is 0 Å². The number of hydrogen-bond acceptors (Lipinski definition) is 4. The Balaban J connectivity index is 1.44. The van der Waals surface area contributed by atoms with Crippen molar-refractivity contribution in [1.29, 1.82) is 0 Å². The summed E-state index contributed by atoms with van der Waals surface area (Å²) in [7, 11) is 0. The van der Waals surface area contributed by atoms with E-state index >= 15 is 0 Å². The molecule has 1 aromatic carbocycles. The van der Waals surface area contributed by atoms with E-state index in [2.05, 4.69) is 10.4 Å². The number of benzene rings is 1. The fourth-order valence-electron chi connectivity index (χ4n) is 4.80. The number of H-pyrrole nitrogens is 1. The van der Waals surface area contributed by atoms with Crippen LogP contribution in [0.1, 0.15) is 68.4 Å². The van der Waals surface area contributed by atoms with E-state index < -0.39 is 5.41 Å². The van der Waals surface area contributed by atoms with Crippen LogP contribution in [-0.4, -0.2) is 33.7 Å². The monoisotopic (exact) mass is 434 g/mol. The molecule has 168 valence electrons. The van der Waals surface area contributed by atoms with Crippen LogP contribution >= 0.6 is 0 Å². The van der Waals surface area contributed by atoms with Crippen molar-refractivity contribution >= 4 is 11.6 Å². The highest BCUT2D eigenvalue weighted by Crippen LogP contribution is 2.48. The number of fused-ring (bicyclic) bond motifs is 1. The molecule has 1 atom stereocenters. The number of nitrogens with one attached hydrogen (secondary N) is 2. The van der Waals surface area contributed by atoms with E-state index in [1.165, 1.54) is 4.52 Å². The first-order valence-corrected chi connectivity index (χ1v) is 11.5. The number of carbonyl (C=O) groups excluding carboxylic acids is 1. The van der Waals surface area contributed by atoms with Crippen LogP contribution in [0, 0.1) is 5.92 Å². The topological polar surface area (TPSA) is 88.5 Å². The smallest absolute Gasteiger partial charge is 0.272 e. The summed E-state index contributed by atoms with van der Waals surface area (Å²) >= 11 is 0. The number of carbonyl (C=O) groups is 1. The van der Waals surface area contributed by atoms with Crippen LogP contribution in [-0.2, 0) is 14.9 Å². The minimum absolute atomic E-state index is 0.0152. The zero-order valence-corrected chi connectivity index (χ0v) is 18.6. The fraction of sp³-hybridized carbons (Fsp3) is 0.480. The summed E-state index contributed by atoms with van der Waals surface area (Å²) in [6.07, 6.45) is 3.55. The molecule has 7 nitrogen and oxygen atoms in total. The van der Waals surface area contributed by atoms with Crippen LogP contribution in [0.2, 0.25) is 0 Å². The van der Waals surface area contributed by atoms with Crippen molar-refractivity contribution in [3.63, 3.8) is 0 Å². The van der Waals surface area contributed by atoms with E-state index in [-0.39, 0.29) is 23.4 Å². The Kier molecular flexibility index (Phi) is 5.37. The molecule has 2 aliphatic rings. The van der Waals surface area contributed by atoms with Gasteiger partial charge < -0.3 is 10.1 Å². The summed E-state index contributed by atoms with van der Waals surface area (Å²) in [5.74, 6) is 0.449. The number of rotatable bonds is 6. The lowest BCUT2D eigenvalue weighted by Crippen LogP contribution is -2.40. The van der Waals surface area contributed by atoms with Crippen molar-refractivity contribution in [2.75, 3.05) is 13.2 Å². The lowest BCUT2D eigenvalue weighted by molar-refractivity contribution is -0.124. The highest BCUT2D eigenvalue weighted by atomic mass is 16.5. The fourth-order valence-corrected chi connectivity index (χ4v) is 4.80. The third-order valence-electron chi connectivity index (χ3n) is 6.93.